The summed E-state index contributed by atoms with van der Waals surface area (Å²) in [5.41, 5.74) is 8.34. The van der Waals surface area contributed by atoms with Gasteiger partial charge in [-0.15, -0.1) is 0 Å². The molecule has 2 rings (SSSR count). The van der Waals surface area contributed by atoms with E-state index in [0.29, 0.717) is 17.9 Å². The molecule has 138 valence electrons. The van der Waals surface area contributed by atoms with Crippen LogP contribution >= 0.6 is 0 Å². The molecule has 0 fully saturated rings. The summed E-state index contributed by atoms with van der Waals surface area (Å²) in [5.74, 6) is -1.16. The fraction of sp³-hybridized carbons (Fsp3) is 0.190. The molecule has 0 heterocycles. The minimum atomic E-state index is -0.680. The van der Waals surface area contributed by atoms with Gasteiger partial charge < -0.3 is 10.6 Å². The van der Waals surface area contributed by atoms with Gasteiger partial charge in [-0.3, -0.25) is 9.59 Å². The van der Waals surface area contributed by atoms with E-state index in [9.17, 15) is 14.9 Å². The van der Waals surface area contributed by atoms with Crippen molar-refractivity contribution in [3.8, 4) is 6.07 Å². The number of rotatable bonds is 5. The molecule has 0 unspecified atom stereocenters. The Bertz CT molecular complexity index is 911. The van der Waals surface area contributed by atoms with Crippen LogP contribution in [-0.2, 0) is 9.59 Å². The van der Waals surface area contributed by atoms with Gasteiger partial charge in [0.25, 0.3) is 5.91 Å². The third-order valence-electron chi connectivity index (χ3n) is 3.98. The third-order valence-corrected chi connectivity index (χ3v) is 3.98. The molecule has 0 spiro atoms. The maximum Gasteiger partial charge on any atom is 0.277 e. The molecule has 0 aromatic heterocycles. The molecule has 6 heteroatoms. The van der Waals surface area contributed by atoms with Crippen molar-refractivity contribution in [1.82, 2.24) is 0 Å². The van der Waals surface area contributed by atoms with Gasteiger partial charge in [0.1, 0.15) is 11.6 Å². The van der Waals surface area contributed by atoms with Gasteiger partial charge in [0.2, 0.25) is 5.91 Å². The van der Waals surface area contributed by atoms with Gasteiger partial charge in [-0.25, -0.2) is 4.90 Å². The molecule has 0 bridgehead atoms. The number of carbonyl (C=O) groups is 2. The minimum absolute atomic E-state index is 0.134. The predicted molar refractivity (Wildman–Crippen MR) is 107 cm³/mol. The topological polar surface area (TPSA) is 90.4 Å². The summed E-state index contributed by atoms with van der Waals surface area (Å²) in [5, 5.41) is 9.54. The molecule has 0 saturated carbocycles. The van der Waals surface area contributed by atoms with Gasteiger partial charge in [-0.05, 0) is 55.8 Å². The van der Waals surface area contributed by atoms with Crippen LogP contribution in [-0.4, -0.2) is 18.4 Å². The fourth-order valence-electron chi connectivity index (χ4n) is 2.63. The molecule has 0 aliphatic heterocycles. The van der Waals surface area contributed by atoms with Gasteiger partial charge in [-0.1, -0.05) is 12.1 Å². The van der Waals surface area contributed by atoms with Crippen LogP contribution in [0.5, 0.6) is 0 Å². The standard InChI is InChI=1S/C21H22N4O2/c1-4-24(20-7-5-6-15(2)12-20)14-17(13-22)21(27)25(16(3)26)19-10-8-18(23)9-11-19/h5-12,14H,4,23H2,1-3H3/b17-14-. The molecule has 0 aliphatic rings. The highest BCUT2D eigenvalue weighted by Crippen LogP contribution is 2.21. The third kappa shape index (κ3) is 4.73. The molecule has 0 saturated heterocycles. The van der Waals surface area contributed by atoms with Crippen LogP contribution in [0, 0.1) is 18.3 Å². The van der Waals surface area contributed by atoms with E-state index in [1.807, 2.05) is 44.2 Å². The SMILES string of the molecule is CCN(/C=C(/C#N)C(=O)N(C(C)=O)c1ccc(N)cc1)c1cccc(C)c1. The average Bonchev–Trinajstić information content (AvgIpc) is 2.64. The number of hydrogen-bond donors (Lipinski definition) is 1. The van der Waals surface area contributed by atoms with E-state index in [1.165, 1.54) is 13.1 Å². The van der Waals surface area contributed by atoms with Crippen LogP contribution in [0.4, 0.5) is 17.1 Å². The van der Waals surface area contributed by atoms with E-state index in [0.717, 1.165) is 16.2 Å². The van der Waals surface area contributed by atoms with Crippen LogP contribution in [0.25, 0.3) is 0 Å². The number of anilines is 3. The normalized spacial score (nSPS) is 10.8. The maximum atomic E-state index is 12.9. The first-order valence-electron chi connectivity index (χ1n) is 8.53. The number of nitriles is 1. The summed E-state index contributed by atoms with van der Waals surface area (Å²) in [4.78, 5) is 27.8. The summed E-state index contributed by atoms with van der Waals surface area (Å²) in [6.07, 6.45) is 1.48. The second-order valence-electron chi connectivity index (χ2n) is 6.03. The minimum Gasteiger partial charge on any atom is -0.399 e. The highest BCUT2D eigenvalue weighted by molar-refractivity contribution is 6.21. The lowest BCUT2D eigenvalue weighted by molar-refractivity contribution is -0.123. The molecule has 2 aromatic rings. The van der Waals surface area contributed by atoms with Crippen LogP contribution < -0.4 is 15.5 Å². The summed E-state index contributed by atoms with van der Waals surface area (Å²) in [6.45, 7) is 5.72. The van der Waals surface area contributed by atoms with Crippen LogP contribution in [0.15, 0.2) is 60.3 Å². The number of nitrogens with two attached hydrogens (primary N) is 1. The van der Waals surface area contributed by atoms with Crippen molar-refractivity contribution in [2.24, 2.45) is 0 Å². The van der Waals surface area contributed by atoms with E-state index in [-0.39, 0.29) is 5.57 Å². The first kappa shape index (κ1) is 19.7. The average molecular weight is 362 g/mol. The molecule has 2 amide bonds. The highest BCUT2D eigenvalue weighted by Gasteiger charge is 2.24. The Hall–Kier alpha value is -3.59. The van der Waals surface area contributed by atoms with Gasteiger partial charge in [0.15, 0.2) is 0 Å². The Kier molecular flexibility index (Phi) is 6.34. The summed E-state index contributed by atoms with van der Waals surface area (Å²) in [7, 11) is 0. The Morgan fingerprint density at radius 2 is 1.81 bits per heavy atom. The summed E-state index contributed by atoms with van der Waals surface area (Å²) < 4.78 is 0. The Labute approximate surface area is 159 Å². The van der Waals surface area contributed by atoms with Crippen molar-refractivity contribution in [1.29, 1.82) is 5.26 Å². The van der Waals surface area contributed by atoms with Gasteiger partial charge >= 0.3 is 0 Å². The molecule has 6 nitrogen and oxygen atoms in total. The van der Waals surface area contributed by atoms with Crippen LogP contribution in [0.1, 0.15) is 19.4 Å². The number of benzene rings is 2. The zero-order valence-corrected chi connectivity index (χ0v) is 15.6. The first-order valence-corrected chi connectivity index (χ1v) is 8.53. The highest BCUT2D eigenvalue weighted by atomic mass is 16.2. The Morgan fingerprint density at radius 1 is 1.15 bits per heavy atom. The van der Waals surface area contributed by atoms with Crippen molar-refractivity contribution in [2.75, 3.05) is 22.1 Å². The number of nitrogens with zero attached hydrogens (tertiary/aromatic N) is 3. The van der Waals surface area contributed by atoms with E-state index >= 15 is 0 Å². The van der Waals surface area contributed by atoms with Crippen molar-refractivity contribution in [3.63, 3.8) is 0 Å². The molecule has 0 atom stereocenters. The number of hydrogen-bond acceptors (Lipinski definition) is 5. The van der Waals surface area contributed by atoms with Gasteiger partial charge in [0, 0.05) is 31.0 Å². The smallest absolute Gasteiger partial charge is 0.277 e. The molecule has 27 heavy (non-hydrogen) atoms. The van der Waals surface area contributed by atoms with Gasteiger partial charge in [0.05, 0.1) is 5.69 Å². The lowest BCUT2D eigenvalue weighted by atomic mass is 10.2. The monoisotopic (exact) mass is 362 g/mol. The molecular weight excluding hydrogens is 340 g/mol. The Morgan fingerprint density at radius 3 is 2.33 bits per heavy atom. The quantitative estimate of drug-likeness (QED) is 0.500. The van der Waals surface area contributed by atoms with E-state index in [4.69, 9.17) is 5.73 Å². The van der Waals surface area contributed by atoms with Gasteiger partial charge in [-0.2, -0.15) is 5.26 Å². The van der Waals surface area contributed by atoms with Crippen LogP contribution in [0.3, 0.4) is 0 Å². The van der Waals surface area contributed by atoms with E-state index in [2.05, 4.69) is 0 Å². The lowest BCUT2D eigenvalue weighted by Crippen LogP contribution is -2.36. The molecule has 0 aliphatic carbocycles. The second kappa shape index (κ2) is 8.68. The summed E-state index contributed by atoms with van der Waals surface area (Å²) in [6, 6.07) is 16.0. The zero-order valence-electron chi connectivity index (χ0n) is 15.6. The number of aryl methyl sites for hydroxylation is 1. The van der Waals surface area contributed by atoms with Crippen molar-refractivity contribution >= 4 is 28.9 Å². The Balaban J connectivity index is 2.42. The number of carbonyl (C=O) groups excluding carboxylic acids is 2. The van der Waals surface area contributed by atoms with E-state index in [1.54, 1.807) is 29.2 Å². The molecule has 2 N–H and O–H groups in total. The second-order valence-corrected chi connectivity index (χ2v) is 6.03. The number of nitrogen functional groups attached to an aromatic ring is 1. The van der Waals surface area contributed by atoms with Crippen molar-refractivity contribution < 1.29 is 9.59 Å². The first-order chi connectivity index (χ1) is 12.9. The fourth-order valence-corrected chi connectivity index (χ4v) is 2.63. The maximum absolute atomic E-state index is 12.9. The largest absolute Gasteiger partial charge is 0.399 e. The van der Waals surface area contributed by atoms with Crippen molar-refractivity contribution in [2.45, 2.75) is 20.8 Å². The molecule has 0 radical (unpaired) electrons. The van der Waals surface area contributed by atoms with Crippen LogP contribution in [0.2, 0.25) is 0 Å². The molecular formula is C21H22N4O2. The number of amides is 2. The predicted octanol–water partition coefficient (Wildman–Crippen LogP) is 3.39. The van der Waals surface area contributed by atoms with Crippen molar-refractivity contribution in [3.05, 3.63) is 65.9 Å². The lowest BCUT2D eigenvalue weighted by Gasteiger charge is -2.22. The number of imide groups is 1. The summed E-state index contributed by atoms with van der Waals surface area (Å²) >= 11 is 0. The molecule has 2 aromatic carbocycles. The zero-order chi connectivity index (χ0) is 20.0. The van der Waals surface area contributed by atoms with E-state index < -0.39 is 11.8 Å².